The molecule has 8 atom stereocenters. The van der Waals surface area contributed by atoms with Crippen LogP contribution in [0.2, 0.25) is 0 Å². The zero-order valence-electron chi connectivity index (χ0n) is 16.2. The smallest absolute Gasteiger partial charge is 0.320 e. The van der Waals surface area contributed by atoms with Crippen LogP contribution in [-0.4, -0.2) is 42.7 Å². The normalized spacial score (nSPS) is 52.8. The minimum absolute atomic E-state index is 0.0533. The monoisotopic (exact) mass is 376 g/mol. The molecular weight excluding hydrogens is 348 g/mol. The first kappa shape index (κ1) is 17.8. The largest absolute Gasteiger partial charge is 0.461 e. The number of methoxy groups -OCH3 is 1. The number of carbonyl (C=O) groups excluding carboxylic acids is 2. The third-order valence-electron chi connectivity index (χ3n) is 8.53. The third kappa shape index (κ3) is 1.79. The highest BCUT2D eigenvalue weighted by molar-refractivity contribution is 6.15. The predicted octanol–water partition coefficient (Wildman–Crippen LogP) is 2.20. The number of hydrogen-bond acceptors (Lipinski definition) is 6. The molecule has 2 saturated heterocycles. The number of allylic oxidation sites excluding steroid dienone is 1. The zero-order valence-corrected chi connectivity index (χ0v) is 16.2. The Morgan fingerprint density at radius 2 is 1.96 bits per heavy atom. The van der Waals surface area contributed by atoms with Crippen LogP contribution < -0.4 is 0 Å². The van der Waals surface area contributed by atoms with Crippen LogP contribution in [0.1, 0.15) is 46.0 Å². The maximum atomic E-state index is 13.3. The zero-order chi connectivity index (χ0) is 19.4. The molecule has 0 aromatic carbocycles. The second-order valence-corrected chi connectivity index (χ2v) is 9.85. The van der Waals surface area contributed by atoms with Crippen LogP contribution in [-0.2, 0) is 23.8 Å². The van der Waals surface area contributed by atoms with E-state index in [-0.39, 0.29) is 29.0 Å². The molecular formula is C21H28O6. The maximum Gasteiger partial charge on any atom is 0.320 e. The summed E-state index contributed by atoms with van der Waals surface area (Å²) in [6.45, 7) is 8.26. The molecule has 2 bridgehead atoms. The molecule has 1 unspecified atom stereocenters. The van der Waals surface area contributed by atoms with Gasteiger partial charge in [-0.2, -0.15) is 0 Å². The van der Waals surface area contributed by atoms with Crippen molar-refractivity contribution in [2.45, 2.75) is 64.6 Å². The molecule has 2 aliphatic heterocycles. The minimum atomic E-state index is -1.19. The highest BCUT2D eigenvalue weighted by Crippen LogP contribution is 2.72. The first-order valence-corrected chi connectivity index (χ1v) is 10.0. The van der Waals surface area contributed by atoms with E-state index < -0.39 is 35.5 Å². The van der Waals surface area contributed by atoms with Crippen molar-refractivity contribution < 1.29 is 28.9 Å². The summed E-state index contributed by atoms with van der Waals surface area (Å²) >= 11 is 0. The number of rotatable bonds is 1. The molecule has 2 spiro atoms. The lowest BCUT2D eigenvalue weighted by molar-refractivity contribution is -0.273. The summed E-state index contributed by atoms with van der Waals surface area (Å²) in [4.78, 5) is 26.5. The molecule has 6 nitrogen and oxygen atoms in total. The van der Waals surface area contributed by atoms with Gasteiger partial charge in [-0.15, -0.1) is 0 Å². The van der Waals surface area contributed by atoms with E-state index in [1.165, 1.54) is 0 Å². The van der Waals surface area contributed by atoms with Crippen LogP contribution in [0, 0.1) is 34.0 Å². The van der Waals surface area contributed by atoms with Gasteiger partial charge in [0.05, 0.1) is 5.41 Å². The number of hydrogen-bond donors (Lipinski definition) is 1. The van der Waals surface area contributed by atoms with Crippen LogP contribution >= 0.6 is 0 Å². The number of Topliss-reactive ketones (excluding diaryl/α,β-unsaturated/α-hetero) is 1. The average molecular weight is 376 g/mol. The van der Waals surface area contributed by atoms with E-state index in [2.05, 4.69) is 20.4 Å². The summed E-state index contributed by atoms with van der Waals surface area (Å²) in [5, 5.41) is 10.9. The van der Waals surface area contributed by atoms with E-state index >= 15 is 0 Å². The molecule has 3 aliphatic carbocycles. The molecule has 6 heteroatoms. The SMILES string of the molecule is C=C1C(=O)[C@]23C[C@@H]1CC[C@H]2C12[C@@H](OC)O[C@@H](O)[C@@H]1C(C)(C)CC[C@@H]2OC3=O. The number of aliphatic hydroxyl groups excluding tert-OH is 1. The first-order valence-electron chi connectivity index (χ1n) is 10.0. The third-order valence-corrected chi connectivity index (χ3v) is 8.53. The molecule has 5 fully saturated rings. The van der Waals surface area contributed by atoms with Gasteiger partial charge < -0.3 is 19.3 Å². The maximum absolute atomic E-state index is 13.3. The molecule has 0 amide bonds. The van der Waals surface area contributed by atoms with Gasteiger partial charge in [-0.25, -0.2) is 0 Å². The van der Waals surface area contributed by atoms with Gasteiger partial charge in [-0.3, -0.25) is 9.59 Å². The van der Waals surface area contributed by atoms with Gasteiger partial charge >= 0.3 is 5.97 Å². The molecule has 0 aromatic heterocycles. The van der Waals surface area contributed by atoms with Crippen molar-refractivity contribution in [1.29, 1.82) is 0 Å². The van der Waals surface area contributed by atoms with Crippen LogP contribution in [0.4, 0.5) is 0 Å². The van der Waals surface area contributed by atoms with Crippen LogP contribution in [0.25, 0.3) is 0 Å². The molecule has 5 rings (SSSR count). The van der Waals surface area contributed by atoms with E-state index in [1.807, 2.05) is 0 Å². The standard InChI is InChI=1S/C21H28O6/c1-10-11-5-6-12-20(9-11,15(10)22)17(24)26-13-7-8-19(2,3)14-16(23)27-18(25-4)21(12,13)14/h11-14,16,18,23H,1,5-9H2,2-4H3/t11-,12+,13-,14+,16+,18-,20-,21?/m0/s1. The first-order chi connectivity index (χ1) is 12.7. The van der Waals surface area contributed by atoms with Gasteiger partial charge in [0, 0.05) is 13.0 Å². The summed E-state index contributed by atoms with van der Waals surface area (Å²) in [6.07, 6.45) is 1.44. The quantitative estimate of drug-likeness (QED) is 0.429. The summed E-state index contributed by atoms with van der Waals surface area (Å²) < 4.78 is 17.7. The summed E-state index contributed by atoms with van der Waals surface area (Å²) in [5.74, 6) is -1.03. The highest BCUT2D eigenvalue weighted by Gasteiger charge is 2.80. The second-order valence-electron chi connectivity index (χ2n) is 9.85. The topological polar surface area (TPSA) is 82.1 Å². The van der Waals surface area contributed by atoms with Gasteiger partial charge in [0.15, 0.2) is 18.4 Å². The van der Waals surface area contributed by atoms with E-state index in [0.717, 1.165) is 19.3 Å². The summed E-state index contributed by atoms with van der Waals surface area (Å²) in [6, 6.07) is 0. The van der Waals surface area contributed by atoms with E-state index in [4.69, 9.17) is 14.2 Å². The number of esters is 1. The fourth-order valence-corrected chi connectivity index (χ4v) is 7.56. The summed E-state index contributed by atoms with van der Waals surface area (Å²) in [7, 11) is 1.57. The Morgan fingerprint density at radius 1 is 1.22 bits per heavy atom. The van der Waals surface area contributed by atoms with Crippen molar-refractivity contribution >= 4 is 11.8 Å². The number of carbonyl (C=O) groups is 2. The van der Waals surface area contributed by atoms with Gasteiger partial charge in [0.2, 0.25) is 0 Å². The Bertz CT molecular complexity index is 743. The van der Waals surface area contributed by atoms with Crippen molar-refractivity contribution in [3.8, 4) is 0 Å². The molecule has 0 aromatic rings. The Hall–Kier alpha value is -1.24. The summed E-state index contributed by atoms with van der Waals surface area (Å²) in [5.41, 5.74) is -1.56. The van der Waals surface area contributed by atoms with Gasteiger partial charge in [0.1, 0.15) is 11.5 Å². The van der Waals surface area contributed by atoms with Crippen molar-refractivity contribution in [2.24, 2.45) is 34.0 Å². The fourth-order valence-electron chi connectivity index (χ4n) is 7.56. The fraction of sp³-hybridized carbons (Fsp3) is 0.810. The number of ether oxygens (including phenoxy) is 3. The molecule has 148 valence electrons. The van der Waals surface area contributed by atoms with Crippen molar-refractivity contribution in [1.82, 2.24) is 0 Å². The Kier molecular flexibility index (Phi) is 3.45. The van der Waals surface area contributed by atoms with Gasteiger partial charge in [-0.05, 0) is 54.9 Å². The van der Waals surface area contributed by atoms with Crippen molar-refractivity contribution in [3.05, 3.63) is 12.2 Å². The lowest BCUT2D eigenvalue weighted by Gasteiger charge is -2.62. The molecule has 3 saturated carbocycles. The highest BCUT2D eigenvalue weighted by atomic mass is 16.7. The second kappa shape index (κ2) is 5.22. The van der Waals surface area contributed by atoms with E-state index in [0.29, 0.717) is 18.4 Å². The van der Waals surface area contributed by atoms with Crippen molar-refractivity contribution in [3.63, 3.8) is 0 Å². The molecule has 2 heterocycles. The van der Waals surface area contributed by atoms with Crippen molar-refractivity contribution in [2.75, 3.05) is 7.11 Å². The molecule has 5 aliphatic rings. The Balaban J connectivity index is 1.75. The van der Waals surface area contributed by atoms with E-state index in [9.17, 15) is 14.7 Å². The van der Waals surface area contributed by atoms with Crippen LogP contribution in [0.15, 0.2) is 12.2 Å². The van der Waals surface area contributed by atoms with Crippen LogP contribution in [0.5, 0.6) is 0 Å². The Labute approximate surface area is 159 Å². The molecule has 27 heavy (non-hydrogen) atoms. The Morgan fingerprint density at radius 3 is 2.67 bits per heavy atom. The molecule has 1 N–H and O–H groups in total. The lowest BCUT2D eigenvalue weighted by Crippen LogP contribution is -2.70. The number of fused-ring (bicyclic) bond motifs is 1. The van der Waals surface area contributed by atoms with E-state index in [1.54, 1.807) is 7.11 Å². The number of aliphatic hydroxyl groups is 1. The average Bonchev–Trinajstić information content (AvgIpc) is 3.04. The van der Waals surface area contributed by atoms with Crippen LogP contribution in [0.3, 0.4) is 0 Å². The predicted molar refractivity (Wildman–Crippen MR) is 94.1 cm³/mol. The number of ketones is 1. The molecule has 0 radical (unpaired) electrons. The van der Waals surface area contributed by atoms with Gasteiger partial charge in [0.25, 0.3) is 0 Å². The minimum Gasteiger partial charge on any atom is -0.461 e. The lowest BCUT2D eigenvalue weighted by atomic mass is 9.43. The van der Waals surface area contributed by atoms with Gasteiger partial charge in [-0.1, -0.05) is 20.4 Å².